The summed E-state index contributed by atoms with van der Waals surface area (Å²) in [6.07, 6.45) is 0.770. The second-order valence-electron chi connectivity index (χ2n) is 0.602. The van der Waals surface area contributed by atoms with Crippen molar-refractivity contribution in [2.24, 2.45) is 0 Å². The summed E-state index contributed by atoms with van der Waals surface area (Å²) in [7, 11) is -4.54. The largest absolute Gasteiger partial charge is 0.456 e. The van der Waals surface area contributed by atoms with E-state index in [1.807, 2.05) is 0 Å². The van der Waals surface area contributed by atoms with Gasteiger partial charge in [-0.15, -0.1) is 5.26 Å². The smallest absolute Gasteiger partial charge is 0.281 e. The molecule has 0 heterocycles. The van der Waals surface area contributed by atoms with Crippen molar-refractivity contribution in [1.29, 1.82) is 5.26 Å². The molecule has 42 valence electrons. The third-order valence-corrected chi connectivity index (χ3v) is 0.428. The fourth-order valence-corrected chi connectivity index (χ4v) is 0.141. The van der Waals surface area contributed by atoms with E-state index in [1.54, 1.807) is 0 Å². The quantitative estimate of drug-likeness (QED) is 0.318. The third kappa shape index (κ3) is 17.9. The maximum atomic E-state index is 9.34. The first-order valence-corrected chi connectivity index (χ1v) is 2.48. The van der Waals surface area contributed by atoms with Crippen LogP contribution in [0.15, 0.2) is 0 Å². The maximum absolute atomic E-state index is 9.34. The van der Waals surface area contributed by atoms with E-state index in [9.17, 15) is 8.42 Å². The summed E-state index contributed by atoms with van der Waals surface area (Å²) in [6, 6.07) is 0. The molecule has 9 heavy (non-hydrogen) atoms. The number of nitrogens with zero attached hydrogens (tertiary/aromatic N) is 1. The van der Waals surface area contributed by atoms with Crippen LogP contribution in [0.25, 0.3) is 0 Å². The number of hydrogen-bond donors (Lipinski definition) is 1. The topological polar surface area (TPSA) is 87.4 Å². The molecular formula is CHK2NO4S. The van der Waals surface area contributed by atoms with Crippen LogP contribution in [-0.2, 0) is 14.6 Å². The Balaban J connectivity index is -0.000000180. The van der Waals surface area contributed by atoms with Crippen LogP contribution in [0.3, 0.4) is 0 Å². The third-order valence-electron chi connectivity index (χ3n) is 0.143. The van der Waals surface area contributed by atoms with Gasteiger partial charge in [0.05, 0.1) is 0 Å². The predicted molar refractivity (Wildman–Crippen MR) is 29.8 cm³/mol. The molecule has 0 aromatic rings. The van der Waals surface area contributed by atoms with E-state index in [0.29, 0.717) is 0 Å². The molecule has 0 aliphatic heterocycles. The van der Waals surface area contributed by atoms with Crippen LogP contribution >= 0.6 is 0 Å². The first-order valence-electron chi connectivity index (χ1n) is 1.11. The Hall–Kier alpha value is 2.47. The first kappa shape index (κ1) is 17.5. The Labute approximate surface area is 138 Å². The van der Waals surface area contributed by atoms with Gasteiger partial charge < -0.3 is 0 Å². The summed E-state index contributed by atoms with van der Waals surface area (Å²) in [5.74, 6) is 0. The Morgan fingerprint density at radius 1 is 1.44 bits per heavy atom. The van der Waals surface area contributed by atoms with E-state index in [2.05, 4.69) is 4.18 Å². The van der Waals surface area contributed by atoms with Crippen molar-refractivity contribution in [2.45, 2.75) is 0 Å². The van der Waals surface area contributed by atoms with Crippen LogP contribution < -0.4 is 0 Å². The molecule has 8 heteroatoms. The minimum atomic E-state index is -4.54. The van der Waals surface area contributed by atoms with Gasteiger partial charge in [-0.3, -0.25) is 8.74 Å². The van der Waals surface area contributed by atoms with Crippen LogP contribution in [0.4, 0.5) is 0 Å². The zero-order valence-electron chi connectivity index (χ0n) is 5.03. The van der Waals surface area contributed by atoms with Crippen molar-refractivity contribution in [2.75, 3.05) is 0 Å². The zero-order valence-corrected chi connectivity index (χ0v) is 12.1. The molecule has 0 aliphatic rings. The molecule has 0 saturated carbocycles. The molecule has 0 unspecified atom stereocenters. The van der Waals surface area contributed by atoms with E-state index >= 15 is 0 Å². The van der Waals surface area contributed by atoms with Crippen LogP contribution in [0.2, 0.25) is 0 Å². The van der Waals surface area contributed by atoms with Gasteiger partial charge >= 0.3 is 16.7 Å². The van der Waals surface area contributed by atoms with Crippen molar-refractivity contribution in [3.63, 3.8) is 0 Å². The second kappa shape index (κ2) is 8.57. The molecule has 0 bridgehead atoms. The molecular weight excluding hydrogens is 200 g/mol. The SMILES string of the molecule is N#COS(=O)(=O)O.[K].[K]. The van der Waals surface area contributed by atoms with Crippen LogP contribution in [-0.4, -0.2) is 116 Å². The van der Waals surface area contributed by atoms with Gasteiger partial charge in [-0.1, -0.05) is 0 Å². The van der Waals surface area contributed by atoms with Crippen LogP contribution in [0.5, 0.6) is 0 Å². The van der Waals surface area contributed by atoms with E-state index in [1.165, 1.54) is 0 Å². The average Bonchev–Trinajstić information content (AvgIpc) is 1.30. The molecule has 5 nitrogen and oxygen atoms in total. The van der Waals surface area contributed by atoms with Crippen LogP contribution in [0, 0.1) is 11.5 Å². The van der Waals surface area contributed by atoms with Crippen LogP contribution in [0.1, 0.15) is 0 Å². The molecule has 2 radical (unpaired) electrons. The first-order chi connectivity index (χ1) is 3.06. The Bertz CT molecular complexity index is 179. The van der Waals surface area contributed by atoms with Crippen molar-refractivity contribution < 1.29 is 17.2 Å². The molecule has 0 amide bonds. The fourth-order valence-electron chi connectivity index (χ4n) is 0.0471. The monoisotopic (exact) mass is 201 g/mol. The number of rotatable bonds is 1. The molecule has 0 rings (SSSR count). The minimum Gasteiger partial charge on any atom is -0.281 e. The number of hydrogen-bond acceptors (Lipinski definition) is 4. The maximum Gasteiger partial charge on any atom is 0.456 e. The summed E-state index contributed by atoms with van der Waals surface area (Å²) < 4.78 is 29.3. The minimum absolute atomic E-state index is 0. The van der Waals surface area contributed by atoms with Gasteiger partial charge in [0.2, 0.25) is 0 Å². The average molecular weight is 201 g/mol. The molecule has 0 saturated heterocycles. The van der Waals surface area contributed by atoms with Crippen molar-refractivity contribution in [1.82, 2.24) is 0 Å². The summed E-state index contributed by atoms with van der Waals surface area (Å²) in [6.45, 7) is 0. The predicted octanol–water partition coefficient (Wildman–Crippen LogP) is -1.47. The van der Waals surface area contributed by atoms with Gasteiger partial charge in [0.15, 0.2) is 0 Å². The van der Waals surface area contributed by atoms with Crippen molar-refractivity contribution in [3.8, 4) is 6.26 Å². The Kier molecular flexibility index (Phi) is 16.7. The van der Waals surface area contributed by atoms with Crippen molar-refractivity contribution in [3.05, 3.63) is 0 Å². The van der Waals surface area contributed by atoms with E-state index < -0.39 is 10.4 Å². The van der Waals surface area contributed by atoms with E-state index in [-0.39, 0.29) is 103 Å². The molecule has 0 spiro atoms. The molecule has 0 atom stereocenters. The summed E-state index contributed by atoms with van der Waals surface area (Å²) >= 11 is 0. The normalized spacial score (nSPS) is 7.56. The summed E-state index contributed by atoms with van der Waals surface area (Å²) in [5, 5.41) is 7.39. The van der Waals surface area contributed by atoms with Gasteiger partial charge in [0, 0.05) is 103 Å². The summed E-state index contributed by atoms with van der Waals surface area (Å²) in [4.78, 5) is 0. The fraction of sp³-hybridized carbons (Fsp3) is 0. The Morgan fingerprint density at radius 2 is 1.78 bits per heavy atom. The summed E-state index contributed by atoms with van der Waals surface area (Å²) in [5.41, 5.74) is 0. The van der Waals surface area contributed by atoms with Gasteiger partial charge in [0.1, 0.15) is 0 Å². The Morgan fingerprint density at radius 3 is 1.78 bits per heavy atom. The van der Waals surface area contributed by atoms with E-state index in [4.69, 9.17) is 9.81 Å². The van der Waals surface area contributed by atoms with E-state index in [0.717, 1.165) is 6.26 Å². The zero-order chi connectivity index (χ0) is 5.91. The van der Waals surface area contributed by atoms with Gasteiger partial charge in [0.25, 0.3) is 0 Å². The molecule has 0 aliphatic carbocycles. The standard InChI is InChI=1S/CHNO4S.2K/c2-1-6-7(3,4)5;;/h(H,3,4,5);;. The molecule has 1 N–H and O–H groups in total. The van der Waals surface area contributed by atoms with Crippen molar-refractivity contribution >= 4 is 113 Å². The molecule has 0 aromatic heterocycles. The van der Waals surface area contributed by atoms with Gasteiger partial charge in [-0.05, 0) is 0 Å². The molecule has 0 fully saturated rings. The van der Waals surface area contributed by atoms with Gasteiger partial charge in [-0.25, -0.2) is 0 Å². The second-order valence-corrected chi connectivity index (χ2v) is 1.62. The molecule has 0 aromatic carbocycles. The number of nitriles is 1. The van der Waals surface area contributed by atoms with Gasteiger partial charge in [-0.2, -0.15) is 8.42 Å².